The second-order valence-electron chi connectivity index (χ2n) is 11.9. The van der Waals surface area contributed by atoms with Crippen LogP contribution >= 0.6 is 7.37 Å². The molecule has 0 radical (unpaired) electrons. The Morgan fingerprint density at radius 2 is 1.38 bits per heavy atom. The summed E-state index contributed by atoms with van der Waals surface area (Å²) in [5, 5.41) is 4.40. The SMILES string of the molecule is CC(C)[C@H]1CC[C@@H](C)C[C@H]1O[P@@](=O)(c1ccc(N(C)C)cc1)[C@H](Nc1ccccc1)c1ccc(N(C)C)cc1. The van der Waals surface area contributed by atoms with E-state index in [4.69, 9.17) is 4.52 Å². The van der Waals surface area contributed by atoms with Crippen molar-refractivity contribution in [1.29, 1.82) is 0 Å². The van der Waals surface area contributed by atoms with Crippen LogP contribution in [-0.2, 0) is 9.09 Å². The first-order valence-corrected chi connectivity index (χ1v) is 15.9. The van der Waals surface area contributed by atoms with Gasteiger partial charge in [-0.3, -0.25) is 4.57 Å². The molecular formula is C33H46N3O2P. The molecule has 1 N–H and O–H groups in total. The Morgan fingerprint density at radius 3 is 1.92 bits per heavy atom. The Labute approximate surface area is 236 Å². The molecule has 0 aliphatic heterocycles. The van der Waals surface area contributed by atoms with Crippen molar-refractivity contribution in [2.75, 3.05) is 43.3 Å². The number of nitrogens with zero attached hydrogens (tertiary/aromatic N) is 2. The van der Waals surface area contributed by atoms with Crippen molar-refractivity contribution in [2.24, 2.45) is 17.8 Å². The Morgan fingerprint density at radius 1 is 0.821 bits per heavy atom. The molecule has 1 saturated carbocycles. The van der Waals surface area contributed by atoms with Gasteiger partial charge in [0.2, 0.25) is 0 Å². The maximum absolute atomic E-state index is 15.7. The molecular weight excluding hydrogens is 501 g/mol. The van der Waals surface area contributed by atoms with Gasteiger partial charge in [0.15, 0.2) is 0 Å². The van der Waals surface area contributed by atoms with Gasteiger partial charge in [0, 0.05) is 50.6 Å². The second-order valence-corrected chi connectivity index (χ2v) is 14.3. The summed E-state index contributed by atoms with van der Waals surface area (Å²) < 4.78 is 22.7. The van der Waals surface area contributed by atoms with Crippen LogP contribution < -0.4 is 20.4 Å². The van der Waals surface area contributed by atoms with E-state index in [1.165, 1.54) is 6.42 Å². The monoisotopic (exact) mass is 547 g/mol. The zero-order valence-corrected chi connectivity index (χ0v) is 25.6. The standard InChI is InChI=1S/C33H46N3O2P/c1-24(2)31-22-13-25(3)23-32(31)38-39(37,30-20-18-29(19-21-30)36(6)7)33(34-27-11-9-8-10-12-27)26-14-16-28(17-15-26)35(4)5/h8-12,14-21,24-25,31-34H,13,22-23H2,1-7H3/t25-,31-,32-,33+,39+/m1/s1. The number of nitrogens with one attached hydrogen (secondary N) is 1. The van der Waals surface area contributed by atoms with Crippen molar-refractivity contribution < 1.29 is 9.09 Å². The number of anilines is 3. The summed E-state index contributed by atoms with van der Waals surface area (Å²) in [7, 11) is 4.64. The number of para-hydroxylation sites is 1. The van der Waals surface area contributed by atoms with E-state index in [0.717, 1.165) is 40.8 Å². The summed E-state index contributed by atoms with van der Waals surface area (Å²) in [4.78, 5) is 4.14. The summed E-state index contributed by atoms with van der Waals surface area (Å²) in [6.45, 7) is 6.84. The summed E-state index contributed by atoms with van der Waals surface area (Å²) in [6, 6.07) is 26.5. The summed E-state index contributed by atoms with van der Waals surface area (Å²) in [6.07, 6.45) is 3.18. The first kappa shape index (κ1) is 29.2. The van der Waals surface area contributed by atoms with Crippen molar-refractivity contribution in [2.45, 2.75) is 51.9 Å². The molecule has 0 heterocycles. The average molecular weight is 548 g/mol. The summed E-state index contributed by atoms with van der Waals surface area (Å²) in [5.41, 5.74) is 4.04. The molecule has 210 valence electrons. The van der Waals surface area contributed by atoms with Crippen molar-refractivity contribution in [1.82, 2.24) is 0 Å². The van der Waals surface area contributed by atoms with Crippen LogP contribution in [0.25, 0.3) is 0 Å². The Kier molecular flexibility index (Phi) is 9.46. The van der Waals surface area contributed by atoms with E-state index in [1.54, 1.807) is 0 Å². The highest BCUT2D eigenvalue weighted by molar-refractivity contribution is 7.67. The highest BCUT2D eigenvalue weighted by Crippen LogP contribution is 2.61. The van der Waals surface area contributed by atoms with Gasteiger partial charge in [-0.25, -0.2) is 0 Å². The van der Waals surface area contributed by atoms with E-state index in [-0.39, 0.29) is 6.10 Å². The maximum atomic E-state index is 15.7. The maximum Gasteiger partial charge on any atom is 0.258 e. The van der Waals surface area contributed by atoms with Crippen LogP contribution in [0.4, 0.5) is 17.1 Å². The lowest BCUT2D eigenvalue weighted by atomic mass is 9.75. The quantitative estimate of drug-likeness (QED) is 0.261. The molecule has 0 bridgehead atoms. The topological polar surface area (TPSA) is 44.8 Å². The molecule has 39 heavy (non-hydrogen) atoms. The van der Waals surface area contributed by atoms with Crippen LogP contribution in [-0.4, -0.2) is 34.3 Å². The van der Waals surface area contributed by atoms with Gasteiger partial charge in [0.1, 0.15) is 5.78 Å². The van der Waals surface area contributed by atoms with E-state index in [0.29, 0.717) is 17.8 Å². The molecule has 0 spiro atoms. The van der Waals surface area contributed by atoms with E-state index in [2.05, 4.69) is 60.2 Å². The Bertz CT molecular complexity index is 1230. The normalized spacial score (nSPS) is 21.7. The Hall–Kier alpha value is -2.75. The van der Waals surface area contributed by atoms with E-state index in [1.807, 2.05) is 82.8 Å². The lowest BCUT2D eigenvalue weighted by Crippen LogP contribution is -2.35. The smallest absolute Gasteiger partial charge is 0.258 e. The third kappa shape index (κ3) is 6.88. The van der Waals surface area contributed by atoms with Crippen molar-refractivity contribution in [3.8, 4) is 0 Å². The molecule has 1 fully saturated rings. The lowest BCUT2D eigenvalue weighted by molar-refractivity contribution is 0.0489. The second kappa shape index (κ2) is 12.6. The summed E-state index contributed by atoms with van der Waals surface area (Å²) in [5.74, 6) is 0.858. The third-order valence-electron chi connectivity index (χ3n) is 8.12. The highest BCUT2D eigenvalue weighted by Gasteiger charge is 2.43. The molecule has 0 amide bonds. The average Bonchev–Trinajstić information content (AvgIpc) is 2.92. The van der Waals surface area contributed by atoms with Crippen LogP contribution in [0.5, 0.6) is 0 Å². The fraction of sp³-hybridized carbons (Fsp3) is 0.455. The molecule has 6 heteroatoms. The van der Waals surface area contributed by atoms with Gasteiger partial charge in [-0.1, -0.05) is 57.5 Å². The number of hydrogen-bond acceptors (Lipinski definition) is 5. The number of benzene rings is 3. The van der Waals surface area contributed by atoms with Crippen LogP contribution in [0.3, 0.4) is 0 Å². The molecule has 1 aliphatic carbocycles. The first-order valence-electron chi connectivity index (χ1n) is 14.2. The van der Waals surface area contributed by atoms with Crippen LogP contribution in [0, 0.1) is 17.8 Å². The predicted octanol–water partition coefficient (Wildman–Crippen LogP) is 8.01. The van der Waals surface area contributed by atoms with E-state index >= 15 is 4.57 Å². The molecule has 5 atom stereocenters. The van der Waals surface area contributed by atoms with Gasteiger partial charge in [-0.2, -0.15) is 0 Å². The van der Waals surface area contributed by atoms with E-state index < -0.39 is 13.2 Å². The van der Waals surface area contributed by atoms with Gasteiger partial charge in [-0.15, -0.1) is 0 Å². The number of hydrogen-bond donors (Lipinski definition) is 1. The molecule has 4 rings (SSSR count). The molecule has 0 aromatic heterocycles. The fourth-order valence-electron chi connectivity index (χ4n) is 5.68. The lowest BCUT2D eigenvalue weighted by Gasteiger charge is -2.41. The van der Waals surface area contributed by atoms with Gasteiger partial charge < -0.3 is 19.6 Å². The largest absolute Gasteiger partial charge is 0.378 e. The zero-order valence-electron chi connectivity index (χ0n) is 24.7. The summed E-state index contributed by atoms with van der Waals surface area (Å²) >= 11 is 0. The minimum absolute atomic E-state index is 0.0609. The van der Waals surface area contributed by atoms with Gasteiger partial charge in [-0.05, 0) is 84.7 Å². The minimum Gasteiger partial charge on any atom is -0.378 e. The van der Waals surface area contributed by atoms with Crippen molar-refractivity contribution in [3.63, 3.8) is 0 Å². The van der Waals surface area contributed by atoms with E-state index in [9.17, 15) is 0 Å². The van der Waals surface area contributed by atoms with Crippen molar-refractivity contribution in [3.05, 3.63) is 84.4 Å². The van der Waals surface area contributed by atoms with Gasteiger partial charge in [0.25, 0.3) is 7.37 Å². The first-order chi connectivity index (χ1) is 18.6. The fourth-order valence-corrected chi connectivity index (χ4v) is 8.31. The Balaban J connectivity index is 1.85. The van der Waals surface area contributed by atoms with Gasteiger partial charge >= 0.3 is 0 Å². The highest BCUT2D eigenvalue weighted by atomic mass is 31.2. The molecule has 1 aliphatic rings. The van der Waals surface area contributed by atoms with Crippen LogP contribution in [0.1, 0.15) is 51.4 Å². The molecule has 3 aromatic carbocycles. The van der Waals surface area contributed by atoms with Gasteiger partial charge in [0.05, 0.1) is 6.10 Å². The third-order valence-corrected chi connectivity index (χ3v) is 10.8. The molecule has 3 aromatic rings. The van der Waals surface area contributed by atoms with Crippen LogP contribution in [0.2, 0.25) is 0 Å². The van der Waals surface area contributed by atoms with Crippen molar-refractivity contribution >= 4 is 29.7 Å². The molecule has 0 unspecified atom stereocenters. The minimum atomic E-state index is -3.47. The molecule has 0 saturated heterocycles. The molecule has 5 nitrogen and oxygen atoms in total. The predicted molar refractivity (Wildman–Crippen MR) is 168 cm³/mol. The number of rotatable bonds is 10. The zero-order chi connectivity index (χ0) is 28.2. The van der Waals surface area contributed by atoms with Crippen LogP contribution in [0.15, 0.2) is 78.9 Å².